The Morgan fingerprint density at radius 1 is 1.44 bits per heavy atom. The molecule has 2 aromatic rings. The molecule has 0 aliphatic carbocycles. The molecule has 5 heteroatoms. The summed E-state index contributed by atoms with van der Waals surface area (Å²) in [5.74, 6) is -0.197. The van der Waals surface area contributed by atoms with Gasteiger partial charge in [-0.3, -0.25) is 4.79 Å². The van der Waals surface area contributed by atoms with E-state index in [0.29, 0.717) is 10.8 Å². The van der Waals surface area contributed by atoms with Crippen LogP contribution in [0.5, 0.6) is 0 Å². The van der Waals surface area contributed by atoms with Crippen LogP contribution in [0.4, 0.5) is 0 Å². The van der Waals surface area contributed by atoms with E-state index in [0.717, 1.165) is 11.3 Å². The molecule has 0 saturated heterocycles. The summed E-state index contributed by atoms with van der Waals surface area (Å²) in [6.07, 6.45) is 0.840. The molecule has 0 aliphatic heterocycles. The standard InChI is InChI=1S/C13H13ClN2OS/c1-2-9(11-6-4-8-18-11)16-13(17)10-5-3-7-12(14)15-10/h3-9H,2H2,1H3,(H,16,17). The molecule has 18 heavy (non-hydrogen) atoms. The van der Waals surface area contributed by atoms with Crippen LogP contribution in [0.15, 0.2) is 35.7 Å². The number of hydrogen-bond donors (Lipinski definition) is 1. The Bertz CT molecular complexity index is 528. The van der Waals surface area contributed by atoms with Crippen molar-refractivity contribution in [2.24, 2.45) is 0 Å². The van der Waals surface area contributed by atoms with Gasteiger partial charge in [-0.15, -0.1) is 11.3 Å². The van der Waals surface area contributed by atoms with Crippen molar-refractivity contribution >= 4 is 28.8 Å². The molecule has 3 nitrogen and oxygen atoms in total. The first-order valence-corrected chi connectivity index (χ1v) is 6.93. The van der Waals surface area contributed by atoms with Crippen molar-refractivity contribution in [3.8, 4) is 0 Å². The first kappa shape index (κ1) is 13.1. The molecule has 2 aromatic heterocycles. The molecule has 0 aliphatic rings. The highest BCUT2D eigenvalue weighted by molar-refractivity contribution is 7.10. The smallest absolute Gasteiger partial charge is 0.270 e. The van der Waals surface area contributed by atoms with Crippen molar-refractivity contribution < 1.29 is 4.79 Å². The monoisotopic (exact) mass is 280 g/mol. The zero-order valence-corrected chi connectivity index (χ0v) is 11.5. The van der Waals surface area contributed by atoms with E-state index >= 15 is 0 Å². The molecule has 0 fully saturated rings. The minimum Gasteiger partial charge on any atom is -0.343 e. The van der Waals surface area contributed by atoms with Crippen LogP contribution in [0.25, 0.3) is 0 Å². The molecule has 0 aromatic carbocycles. The van der Waals surface area contributed by atoms with E-state index in [9.17, 15) is 4.79 Å². The van der Waals surface area contributed by atoms with Crippen LogP contribution in [0.2, 0.25) is 5.15 Å². The molecule has 2 rings (SSSR count). The second-order valence-electron chi connectivity index (χ2n) is 3.80. The summed E-state index contributed by atoms with van der Waals surface area (Å²) >= 11 is 7.40. The lowest BCUT2D eigenvalue weighted by Crippen LogP contribution is -2.28. The molecule has 1 atom stereocenters. The van der Waals surface area contributed by atoms with Crippen molar-refractivity contribution in [2.45, 2.75) is 19.4 Å². The molecule has 0 bridgehead atoms. The van der Waals surface area contributed by atoms with Crippen LogP contribution >= 0.6 is 22.9 Å². The topological polar surface area (TPSA) is 42.0 Å². The fourth-order valence-electron chi connectivity index (χ4n) is 1.63. The van der Waals surface area contributed by atoms with Crippen LogP contribution in [0, 0.1) is 0 Å². The lowest BCUT2D eigenvalue weighted by atomic mass is 10.2. The Balaban J connectivity index is 2.11. The Kier molecular flexibility index (Phi) is 4.33. The predicted molar refractivity (Wildman–Crippen MR) is 74.1 cm³/mol. The molecule has 2 heterocycles. The summed E-state index contributed by atoms with van der Waals surface area (Å²) in [5, 5.41) is 5.29. The number of thiophene rings is 1. The summed E-state index contributed by atoms with van der Waals surface area (Å²) in [6.45, 7) is 2.04. The average molecular weight is 281 g/mol. The zero-order valence-electron chi connectivity index (χ0n) is 9.89. The number of carbonyl (C=O) groups excluding carboxylic acids is 1. The second-order valence-corrected chi connectivity index (χ2v) is 5.16. The summed E-state index contributed by atoms with van der Waals surface area (Å²) < 4.78 is 0. The maximum Gasteiger partial charge on any atom is 0.270 e. The van der Waals surface area contributed by atoms with E-state index in [4.69, 9.17) is 11.6 Å². The third kappa shape index (κ3) is 3.09. The van der Waals surface area contributed by atoms with Crippen molar-refractivity contribution in [3.63, 3.8) is 0 Å². The third-order valence-electron chi connectivity index (χ3n) is 2.55. The minimum absolute atomic E-state index is 0.0262. The first-order chi connectivity index (χ1) is 8.70. The number of carbonyl (C=O) groups is 1. The molecular formula is C13H13ClN2OS. The molecule has 1 amide bonds. The molecular weight excluding hydrogens is 268 g/mol. The Labute approximate surface area is 115 Å². The number of nitrogens with one attached hydrogen (secondary N) is 1. The SMILES string of the molecule is CCC(NC(=O)c1cccc(Cl)n1)c1cccs1. The molecule has 94 valence electrons. The van der Waals surface area contributed by atoms with Crippen LogP contribution in [-0.2, 0) is 0 Å². The van der Waals surface area contributed by atoms with Gasteiger partial charge >= 0.3 is 0 Å². The van der Waals surface area contributed by atoms with Gasteiger partial charge in [0.1, 0.15) is 10.8 Å². The van der Waals surface area contributed by atoms with Gasteiger partial charge in [0, 0.05) is 4.88 Å². The minimum atomic E-state index is -0.197. The quantitative estimate of drug-likeness (QED) is 0.868. The predicted octanol–water partition coefficient (Wildman–Crippen LogP) is 3.68. The average Bonchev–Trinajstić information content (AvgIpc) is 2.89. The van der Waals surface area contributed by atoms with Gasteiger partial charge in [0.2, 0.25) is 0 Å². The van der Waals surface area contributed by atoms with Gasteiger partial charge in [0.15, 0.2) is 0 Å². The van der Waals surface area contributed by atoms with Crippen molar-refractivity contribution in [1.29, 1.82) is 0 Å². The molecule has 0 saturated carbocycles. The summed E-state index contributed by atoms with van der Waals surface area (Å²) in [5.41, 5.74) is 0.345. The van der Waals surface area contributed by atoms with E-state index in [1.165, 1.54) is 0 Å². The van der Waals surface area contributed by atoms with Crippen LogP contribution in [-0.4, -0.2) is 10.9 Å². The highest BCUT2D eigenvalue weighted by Crippen LogP contribution is 2.22. The number of nitrogens with zero attached hydrogens (tertiary/aromatic N) is 1. The number of halogens is 1. The molecule has 0 spiro atoms. The van der Waals surface area contributed by atoms with Gasteiger partial charge < -0.3 is 5.32 Å². The fraction of sp³-hybridized carbons (Fsp3) is 0.231. The number of rotatable bonds is 4. The van der Waals surface area contributed by atoms with Crippen LogP contribution < -0.4 is 5.32 Å². The molecule has 1 unspecified atom stereocenters. The molecule has 1 N–H and O–H groups in total. The van der Waals surface area contributed by atoms with E-state index in [1.54, 1.807) is 29.5 Å². The Hall–Kier alpha value is -1.39. The largest absolute Gasteiger partial charge is 0.343 e. The summed E-state index contributed by atoms with van der Waals surface area (Å²) in [4.78, 5) is 17.2. The zero-order chi connectivity index (χ0) is 13.0. The lowest BCUT2D eigenvalue weighted by Gasteiger charge is -2.15. The van der Waals surface area contributed by atoms with E-state index < -0.39 is 0 Å². The second kappa shape index (κ2) is 5.98. The summed E-state index contributed by atoms with van der Waals surface area (Å²) in [6, 6.07) is 9.04. The Morgan fingerprint density at radius 2 is 2.28 bits per heavy atom. The lowest BCUT2D eigenvalue weighted by molar-refractivity contribution is 0.0931. The highest BCUT2D eigenvalue weighted by Gasteiger charge is 2.15. The highest BCUT2D eigenvalue weighted by atomic mass is 35.5. The van der Waals surface area contributed by atoms with Gasteiger partial charge in [0.05, 0.1) is 6.04 Å². The van der Waals surface area contributed by atoms with Gasteiger partial charge in [-0.2, -0.15) is 0 Å². The summed E-state index contributed by atoms with van der Waals surface area (Å²) in [7, 11) is 0. The first-order valence-electron chi connectivity index (χ1n) is 5.67. The maximum absolute atomic E-state index is 12.0. The van der Waals surface area contributed by atoms with Gasteiger partial charge in [0.25, 0.3) is 5.91 Å². The third-order valence-corrected chi connectivity index (χ3v) is 3.74. The van der Waals surface area contributed by atoms with Crippen LogP contribution in [0.3, 0.4) is 0 Å². The Morgan fingerprint density at radius 3 is 2.89 bits per heavy atom. The van der Waals surface area contributed by atoms with Crippen molar-refractivity contribution in [3.05, 3.63) is 51.4 Å². The number of pyridine rings is 1. The number of hydrogen-bond acceptors (Lipinski definition) is 3. The van der Waals surface area contributed by atoms with Gasteiger partial charge in [-0.1, -0.05) is 30.7 Å². The molecule has 0 radical (unpaired) electrons. The van der Waals surface area contributed by atoms with Crippen molar-refractivity contribution in [2.75, 3.05) is 0 Å². The number of aromatic nitrogens is 1. The van der Waals surface area contributed by atoms with E-state index in [2.05, 4.69) is 10.3 Å². The normalized spacial score (nSPS) is 12.1. The van der Waals surface area contributed by atoms with E-state index in [-0.39, 0.29) is 11.9 Å². The van der Waals surface area contributed by atoms with Crippen molar-refractivity contribution in [1.82, 2.24) is 10.3 Å². The van der Waals surface area contributed by atoms with Crippen LogP contribution in [0.1, 0.15) is 34.8 Å². The van der Waals surface area contributed by atoms with Gasteiger partial charge in [-0.25, -0.2) is 4.98 Å². The fourth-order valence-corrected chi connectivity index (χ4v) is 2.66. The number of amides is 1. The van der Waals surface area contributed by atoms with E-state index in [1.807, 2.05) is 24.4 Å². The maximum atomic E-state index is 12.0. The van der Waals surface area contributed by atoms with Gasteiger partial charge in [-0.05, 0) is 30.0 Å².